The molecule has 0 atom stereocenters. The lowest BCUT2D eigenvalue weighted by molar-refractivity contribution is -0.112. The minimum absolute atomic E-state index is 0.114. The second kappa shape index (κ2) is 5.44. The predicted molar refractivity (Wildman–Crippen MR) is 72.1 cm³/mol. The molecule has 0 saturated carbocycles. The Bertz CT molecular complexity index is 547. The summed E-state index contributed by atoms with van der Waals surface area (Å²) in [5, 5.41) is 2.59. The van der Waals surface area contributed by atoms with Crippen LogP contribution in [0, 0.1) is 0 Å². The molecule has 0 heterocycles. The maximum atomic E-state index is 10.8. The minimum atomic E-state index is 0.114. The molecule has 0 aliphatic carbocycles. The van der Waals surface area contributed by atoms with Gasteiger partial charge in [0, 0.05) is 0 Å². The quantitative estimate of drug-likeness (QED) is 0.719. The van der Waals surface area contributed by atoms with Crippen molar-refractivity contribution in [2.75, 3.05) is 0 Å². The van der Waals surface area contributed by atoms with Gasteiger partial charge in [0.2, 0.25) is 0 Å². The van der Waals surface area contributed by atoms with Gasteiger partial charge in [0.25, 0.3) is 0 Å². The molecule has 0 unspecified atom stereocenters. The van der Waals surface area contributed by atoms with E-state index in [2.05, 4.69) is 42.5 Å². The van der Waals surface area contributed by atoms with Crippen LogP contribution >= 0.6 is 0 Å². The summed E-state index contributed by atoms with van der Waals surface area (Å²) in [4.78, 5) is 10.8. The molecule has 1 nitrogen and oxygen atoms in total. The predicted octanol–water partition coefficient (Wildman–Crippen LogP) is 3.92. The van der Waals surface area contributed by atoms with Crippen molar-refractivity contribution in [3.8, 4) is 0 Å². The Hall–Kier alpha value is -1.89. The number of ketones is 1. The molecule has 17 heavy (non-hydrogen) atoms. The van der Waals surface area contributed by atoms with Crippen LogP contribution < -0.4 is 0 Å². The van der Waals surface area contributed by atoms with E-state index < -0.39 is 0 Å². The number of fused-ring (bicyclic) bond motifs is 1. The van der Waals surface area contributed by atoms with Crippen LogP contribution in [0.15, 0.2) is 54.6 Å². The van der Waals surface area contributed by atoms with Crippen LogP contribution in [-0.2, 0) is 11.2 Å². The van der Waals surface area contributed by atoms with E-state index in [0.29, 0.717) is 0 Å². The van der Waals surface area contributed by atoms with Crippen molar-refractivity contribution in [2.24, 2.45) is 0 Å². The van der Waals surface area contributed by atoms with Gasteiger partial charge >= 0.3 is 0 Å². The molecule has 0 saturated heterocycles. The van der Waals surface area contributed by atoms with E-state index in [-0.39, 0.29) is 5.78 Å². The standard InChI is InChI=1S/C16H16O/c1-13(17)7-2-3-8-14-10-6-11-15-9-4-5-12-16(14)15/h2,4-7,9-12H,3,8H2,1H3/b7-2+. The molecule has 2 aromatic rings. The lowest BCUT2D eigenvalue weighted by Gasteiger charge is -2.04. The first kappa shape index (κ1) is 11.6. The zero-order valence-corrected chi connectivity index (χ0v) is 10.0. The van der Waals surface area contributed by atoms with Crippen LogP contribution in [-0.4, -0.2) is 5.78 Å². The maximum absolute atomic E-state index is 10.8. The van der Waals surface area contributed by atoms with Crippen LogP contribution in [0.5, 0.6) is 0 Å². The third-order valence-electron chi connectivity index (χ3n) is 2.81. The molecular formula is C16H16O. The molecule has 0 aromatic heterocycles. The van der Waals surface area contributed by atoms with E-state index >= 15 is 0 Å². The third-order valence-corrected chi connectivity index (χ3v) is 2.81. The molecule has 0 aliphatic heterocycles. The second-order valence-corrected chi connectivity index (χ2v) is 4.19. The van der Waals surface area contributed by atoms with Gasteiger partial charge in [-0.05, 0) is 42.2 Å². The van der Waals surface area contributed by atoms with Crippen molar-refractivity contribution >= 4 is 16.6 Å². The Labute approximate surface area is 102 Å². The first-order valence-electron chi connectivity index (χ1n) is 5.91. The number of hydrogen-bond donors (Lipinski definition) is 0. The normalized spacial score (nSPS) is 11.1. The molecule has 86 valence electrons. The van der Waals surface area contributed by atoms with Crippen LogP contribution in [0.3, 0.4) is 0 Å². The molecule has 1 heteroatoms. The van der Waals surface area contributed by atoms with Crippen molar-refractivity contribution in [2.45, 2.75) is 19.8 Å². The van der Waals surface area contributed by atoms with Crippen molar-refractivity contribution in [1.29, 1.82) is 0 Å². The summed E-state index contributed by atoms with van der Waals surface area (Å²) < 4.78 is 0. The van der Waals surface area contributed by atoms with E-state index in [9.17, 15) is 4.79 Å². The van der Waals surface area contributed by atoms with Crippen LogP contribution in [0.1, 0.15) is 18.9 Å². The van der Waals surface area contributed by atoms with Gasteiger partial charge in [-0.2, -0.15) is 0 Å². The molecule has 0 spiro atoms. The van der Waals surface area contributed by atoms with E-state index in [0.717, 1.165) is 12.8 Å². The molecule has 2 rings (SSSR count). The first-order valence-corrected chi connectivity index (χ1v) is 5.91. The number of hydrogen-bond acceptors (Lipinski definition) is 1. The Balaban J connectivity index is 2.16. The molecule has 2 aromatic carbocycles. The Kier molecular flexibility index (Phi) is 3.71. The van der Waals surface area contributed by atoms with Crippen LogP contribution in [0.25, 0.3) is 10.8 Å². The first-order chi connectivity index (χ1) is 8.27. The van der Waals surface area contributed by atoms with Gasteiger partial charge in [0.05, 0.1) is 0 Å². The molecule has 0 aliphatic rings. The number of rotatable bonds is 4. The van der Waals surface area contributed by atoms with E-state index in [1.165, 1.54) is 16.3 Å². The third kappa shape index (κ3) is 3.04. The maximum Gasteiger partial charge on any atom is 0.152 e. The van der Waals surface area contributed by atoms with Gasteiger partial charge in [-0.25, -0.2) is 0 Å². The minimum Gasteiger partial charge on any atom is -0.295 e. The topological polar surface area (TPSA) is 17.1 Å². The number of aryl methyl sites for hydroxylation is 1. The lowest BCUT2D eigenvalue weighted by Crippen LogP contribution is -1.87. The summed E-state index contributed by atoms with van der Waals surface area (Å²) in [6.45, 7) is 1.58. The number of carbonyl (C=O) groups is 1. The molecule has 0 fully saturated rings. The van der Waals surface area contributed by atoms with Gasteiger partial charge in [0.1, 0.15) is 0 Å². The highest BCUT2D eigenvalue weighted by atomic mass is 16.1. The fourth-order valence-electron chi connectivity index (χ4n) is 2.00. The van der Waals surface area contributed by atoms with E-state index in [1.807, 2.05) is 6.08 Å². The van der Waals surface area contributed by atoms with Gasteiger partial charge in [-0.3, -0.25) is 4.79 Å². The zero-order chi connectivity index (χ0) is 12.1. The highest BCUT2D eigenvalue weighted by Gasteiger charge is 1.98. The lowest BCUT2D eigenvalue weighted by atomic mass is 10.0. The van der Waals surface area contributed by atoms with Crippen molar-refractivity contribution in [3.05, 3.63) is 60.2 Å². The summed E-state index contributed by atoms with van der Waals surface area (Å²) in [5.74, 6) is 0.114. The Morgan fingerprint density at radius 3 is 2.71 bits per heavy atom. The van der Waals surface area contributed by atoms with Gasteiger partial charge in [-0.1, -0.05) is 48.5 Å². The highest BCUT2D eigenvalue weighted by molar-refractivity contribution is 5.87. The molecule has 0 radical (unpaired) electrons. The van der Waals surface area contributed by atoms with Crippen LogP contribution in [0.4, 0.5) is 0 Å². The fraction of sp³-hybridized carbons (Fsp3) is 0.188. The number of carbonyl (C=O) groups excluding carboxylic acids is 1. The molecule has 0 amide bonds. The molecular weight excluding hydrogens is 208 g/mol. The van der Waals surface area contributed by atoms with Crippen molar-refractivity contribution < 1.29 is 4.79 Å². The molecule has 0 N–H and O–H groups in total. The highest BCUT2D eigenvalue weighted by Crippen LogP contribution is 2.19. The Morgan fingerprint density at radius 1 is 1.12 bits per heavy atom. The largest absolute Gasteiger partial charge is 0.295 e. The number of benzene rings is 2. The Morgan fingerprint density at radius 2 is 1.88 bits per heavy atom. The molecule has 0 bridgehead atoms. The number of allylic oxidation sites excluding steroid dienone is 2. The van der Waals surface area contributed by atoms with Crippen molar-refractivity contribution in [1.82, 2.24) is 0 Å². The zero-order valence-electron chi connectivity index (χ0n) is 10.0. The van der Waals surface area contributed by atoms with E-state index in [1.54, 1.807) is 13.0 Å². The average molecular weight is 224 g/mol. The fourth-order valence-corrected chi connectivity index (χ4v) is 2.00. The van der Waals surface area contributed by atoms with Gasteiger partial charge in [-0.15, -0.1) is 0 Å². The monoisotopic (exact) mass is 224 g/mol. The summed E-state index contributed by atoms with van der Waals surface area (Å²) in [6.07, 6.45) is 5.48. The second-order valence-electron chi connectivity index (χ2n) is 4.19. The van der Waals surface area contributed by atoms with Crippen LogP contribution in [0.2, 0.25) is 0 Å². The summed E-state index contributed by atoms with van der Waals surface area (Å²) >= 11 is 0. The van der Waals surface area contributed by atoms with Gasteiger partial charge < -0.3 is 0 Å². The van der Waals surface area contributed by atoms with Crippen molar-refractivity contribution in [3.63, 3.8) is 0 Å². The SMILES string of the molecule is CC(=O)/C=C/CCc1cccc2ccccc12. The average Bonchev–Trinajstić information content (AvgIpc) is 2.34. The summed E-state index contributed by atoms with van der Waals surface area (Å²) in [7, 11) is 0. The van der Waals surface area contributed by atoms with E-state index in [4.69, 9.17) is 0 Å². The summed E-state index contributed by atoms with van der Waals surface area (Å²) in [5.41, 5.74) is 1.34. The smallest absolute Gasteiger partial charge is 0.152 e. The van der Waals surface area contributed by atoms with Gasteiger partial charge in [0.15, 0.2) is 5.78 Å². The summed E-state index contributed by atoms with van der Waals surface area (Å²) in [6, 6.07) is 14.8.